The van der Waals surface area contributed by atoms with E-state index in [1.54, 1.807) is 7.11 Å². The molecule has 2 atom stereocenters. The molecule has 1 aromatic carbocycles. The third kappa shape index (κ3) is 4.64. The second-order valence-electron chi connectivity index (χ2n) is 5.52. The topological polar surface area (TPSA) is 41.6 Å². The van der Waals surface area contributed by atoms with Gasteiger partial charge in [-0.25, -0.2) is 0 Å². The number of rotatable bonds is 6. The van der Waals surface area contributed by atoms with Gasteiger partial charge < -0.3 is 10.1 Å². The average Bonchev–Trinajstić information content (AvgIpc) is 2.97. The predicted molar refractivity (Wildman–Crippen MR) is 89.2 cm³/mol. The summed E-state index contributed by atoms with van der Waals surface area (Å²) in [5.74, 6) is 0.828. The van der Waals surface area contributed by atoms with Gasteiger partial charge in [0.1, 0.15) is 5.75 Å². The van der Waals surface area contributed by atoms with E-state index >= 15 is 0 Å². The Kier molecular flexibility index (Phi) is 5.94. The van der Waals surface area contributed by atoms with Crippen molar-refractivity contribution >= 4 is 23.4 Å². The molecule has 0 bridgehead atoms. The Balaban J connectivity index is 1.80. The Morgan fingerprint density at radius 3 is 2.67 bits per heavy atom. The van der Waals surface area contributed by atoms with E-state index in [1.807, 2.05) is 43.1 Å². The summed E-state index contributed by atoms with van der Waals surface area (Å²) in [7, 11) is 3.67. The summed E-state index contributed by atoms with van der Waals surface area (Å²) < 4.78 is 5.10. The van der Waals surface area contributed by atoms with E-state index in [-0.39, 0.29) is 5.91 Å². The molecule has 0 aromatic heterocycles. The fraction of sp³-hybridized carbons (Fsp3) is 0.562. The van der Waals surface area contributed by atoms with E-state index in [4.69, 9.17) is 4.74 Å². The van der Waals surface area contributed by atoms with Crippen LogP contribution in [0.4, 0.5) is 5.69 Å². The molecule has 2 rings (SSSR count). The summed E-state index contributed by atoms with van der Waals surface area (Å²) in [6.07, 6.45) is 5.81. The highest BCUT2D eigenvalue weighted by Crippen LogP contribution is 2.30. The first-order valence-corrected chi connectivity index (χ1v) is 8.58. The number of benzene rings is 1. The summed E-state index contributed by atoms with van der Waals surface area (Å²) in [6, 6.07) is 7.94. The minimum Gasteiger partial charge on any atom is -0.497 e. The molecule has 116 valence electrons. The Labute approximate surface area is 131 Å². The second kappa shape index (κ2) is 7.71. The van der Waals surface area contributed by atoms with Gasteiger partial charge >= 0.3 is 0 Å². The van der Waals surface area contributed by atoms with E-state index in [1.165, 1.54) is 19.3 Å². The fourth-order valence-corrected chi connectivity index (χ4v) is 3.55. The maximum Gasteiger partial charge on any atom is 0.238 e. The Hall–Kier alpha value is -1.20. The predicted octanol–water partition coefficient (Wildman–Crippen LogP) is 2.85. The first-order chi connectivity index (χ1) is 10.1. The van der Waals surface area contributed by atoms with E-state index in [9.17, 15) is 4.79 Å². The molecule has 1 aliphatic rings. The highest BCUT2D eigenvalue weighted by molar-refractivity contribution is 7.99. The highest BCUT2D eigenvalue weighted by atomic mass is 32.2. The number of carbonyl (C=O) groups is 1. The van der Waals surface area contributed by atoms with Crippen molar-refractivity contribution in [1.82, 2.24) is 4.90 Å². The molecule has 0 unspecified atom stereocenters. The SMILES string of the molecule is COc1ccc(NC(=O)CN(C)[C@H]2CC[C@@H](SC)C2)cc1. The zero-order valence-corrected chi connectivity index (χ0v) is 13.8. The minimum absolute atomic E-state index is 0.0373. The van der Waals surface area contributed by atoms with Crippen LogP contribution in [0, 0.1) is 0 Å². The molecule has 1 aliphatic carbocycles. The van der Waals surface area contributed by atoms with Crippen molar-refractivity contribution in [2.24, 2.45) is 0 Å². The van der Waals surface area contributed by atoms with Crippen molar-refractivity contribution < 1.29 is 9.53 Å². The number of methoxy groups -OCH3 is 1. The van der Waals surface area contributed by atoms with Crippen molar-refractivity contribution in [2.45, 2.75) is 30.6 Å². The van der Waals surface area contributed by atoms with Gasteiger partial charge in [-0.1, -0.05) is 0 Å². The molecule has 0 aliphatic heterocycles. The first-order valence-electron chi connectivity index (χ1n) is 7.29. The molecule has 1 amide bonds. The van der Waals surface area contributed by atoms with Crippen LogP contribution in [-0.2, 0) is 4.79 Å². The minimum atomic E-state index is 0.0373. The van der Waals surface area contributed by atoms with Gasteiger partial charge in [-0.3, -0.25) is 9.69 Å². The maximum atomic E-state index is 12.1. The lowest BCUT2D eigenvalue weighted by Gasteiger charge is -2.23. The van der Waals surface area contributed by atoms with Gasteiger partial charge in [0.15, 0.2) is 0 Å². The van der Waals surface area contributed by atoms with E-state index in [0.29, 0.717) is 12.6 Å². The number of hydrogen-bond donors (Lipinski definition) is 1. The van der Waals surface area contributed by atoms with Crippen LogP contribution in [0.15, 0.2) is 24.3 Å². The monoisotopic (exact) mass is 308 g/mol. The first kappa shape index (κ1) is 16.2. The van der Waals surface area contributed by atoms with Crippen LogP contribution < -0.4 is 10.1 Å². The van der Waals surface area contributed by atoms with Gasteiger partial charge in [0.25, 0.3) is 0 Å². The van der Waals surface area contributed by atoms with Crippen LogP contribution in [0.5, 0.6) is 5.75 Å². The third-order valence-electron chi connectivity index (χ3n) is 4.08. The lowest BCUT2D eigenvalue weighted by Crippen LogP contribution is -2.36. The second-order valence-corrected chi connectivity index (χ2v) is 6.65. The van der Waals surface area contributed by atoms with Crippen LogP contribution in [0.3, 0.4) is 0 Å². The highest BCUT2D eigenvalue weighted by Gasteiger charge is 2.27. The molecule has 21 heavy (non-hydrogen) atoms. The van der Waals surface area contributed by atoms with Gasteiger partial charge in [-0.2, -0.15) is 11.8 Å². The Morgan fingerprint density at radius 2 is 2.10 bits per heavy atom. The van der Waals surface area contributed by atoms with Crippen LogP contribution in [0.25, 0.3) is 0 Å². The summed E-state index contributed by atoms with van der Waals surface area (Å²) in [6.45, 7) is 0.442. The van der Waals surface area contributed by atoms with Crippen LogP contribution in [0.2, 0.25) is 0 Å². The summed E-state index contributed by atoms with van der Waals surface area (Å²) in [4.78, 5) is 14.3. The zero-order valence-electron chi connectivity index (χ0n) is 13.0. The van der Waals surface area contributed by atoms with Crippen molar-refractivity contribution in [3.63, 3.8) is 0 Å². The summed E-state index contributed by atoms with van der Waals surface area (Å²) >= 11 is 1.94. The normalized spacial score (nSPS) is 21.5. The average molecular weight is 308 g/mol. The molecule has 1 fully saturated rings. The van der Waals surface area contributed by atoms with E-state index < -0.39 is 0 Å². The van der Waals surface area contributed by atoms with Crippen molar-refractivity contribution in [2.75, 3.05) is 32.3 Å². The number of nitrogens with one attached hydrogen (secondary N) is 1. The lowest BCUT2D eigenvalue weighted by molar-refractivity contribution is -0.117. The summed E-state index contributed by atoms with van der Waals surface area (Å²) in [5.41, 5.74) is 0.808. The lowest BCUT2D eigenvalue weighted by atomic mass is 10.2. The Morgan fingerprint density at radius 1 is 1.38 bits per heavy atom. The molecular formula is C16H24N2O2S. The largest absolute Gasteiger partial charge is 0.497 e. The molecule has 0 radical (unpaired) electrons. The number of amides is 1. The molecule has 1 aromatic rings. The maximum absolute atomic E-state index is 12.1. The standard InChI is InChI=1S/C16H24N2O2S/c1-18(13-6-9-15(10-13)21-3)11-16(19)17-12-4-7-14(20-2)8-5-12/h4-5,7-8,13,15H,6,9-11H2,1-3H3,(H,17,19)/t13-,15+/m0/s1. The molecule has 1 N–H and O–H groups in total. The van der Waals surface area contributed by atoms with Crippen molar-refractivity contribution in [3.8, 4) is 5.75 Å². The third-order valence-corrected chi connectivity index (χ3v) is 5.18. The molecule has 5 heteroatoms. The number of nitrogens with zero attached hydrogens (tertiary/aromatic N) is 1. The molecular weight excluding hydrogens is 284 g/mol. The van der Waals surface area contributed by atoms with Crippen LogP contribution in [0.1, 0.15) is 19.3 Å². The van der Waals surface area contributed by atoms with Crippen LogP contribution >= 0.6 is 11.8 Å². The fourth-order valence-electron chi connectivity index (χ4n) is 2.76. The van der Waals surface area contributed by atoms with Gasteiger partial charge in [0, 0.05) is 17.0 Å². The Bertz CT molecular complexity index is 464. The van der Waals surface area contributed by atoms with Gasteiger partial charge in [-0.05, 0) is 56.8 Å². The summed E-state index contributed by atoms with van der Waals surface area (Å²) in [5, 5.41) is 3.68. The molecule has 0 heterocycles. The molecule has 0 saturated heterocycles. The van der Waals surface area contributed by atoms with Gasteiger partial charge in [0.05, 0.1) is 13.7 Å². The van der Waals surface area contributed by atoms with Gasteiger partial charge in [0.2, 0.25) is 5.91 Å². The van der Waals surface area contributed by atoms with Gasteiger partial charge in [-0.15, -0.1) is 0 Å². The molecule has 4 nitrogen and oxygen atoms in total. The quantitative estimate of drug-likeness (QED) is 0.877. The number of carbonyl (C=O) groups excluding carboxylic acids is 1. The number of hydrogen-bond acceptors (Lipinski definition) is 4. The number of ether oxygens (including phenoxy) is 1. The number of anilines is 1. The van der Waals surface area contributed by atoms with E-state index in [2.05, 4.69) is 16.5 Å². The van der Waals surface area contributed by atoms with Crippen molar-refractivity contribution in [1.29, 1.82) is 0 Å². The number of thioether (sulfide) groups is 1. The van der Waals surface area contributed by atoms with Crippen LogP contribution in [-0.4, -0.2) is 49.1 Å². The molecule has 0 spiro atoms. The smallest absolute Gasteiger partial charge is 0.238 e. The number of likely N-dealkylation sites (N-methyl/N-ethyl adjacent to an activating group) is 1. The van der Waals surface area contributed by atoms with Crippen molar-refractivity contribution in [3.05, 3.63) is 24.3 Å². The van der Waals surface area contributed by atoms with E-state index in [0.717, 1.165) is 16.7 Å². The molecule has 1 saturated carbocycles. The zero-order chi connectivity index (χ0) is 15.2.